The minimum atomic E-state index is -1.34. The lowest BCUT2D eigenvalue weighted by molar-refractivity contribution is -0.139. The van der Waals surface area contributed by atoms with Crippen molar-refractivity contribution in [2.75, 3.05) is 26.4 Å². The van der Waals surface area contributed by atoms with Crippen LogP contribution in [-0.4, -0.2) is 85.1 Å². The lowest BCUT2D eigenvalue weighted by atomic mass is 9.79. The summed E-state index contributed by atoms with van der Waals surface area (Å²) in [5, 5.41) is 34.6. The third-order valence-electron chi connectivity index (χ3n) is 6.15. The van der Waals surface area contributed by atoms with E-state index in [1.165, 1.54) is 0 Å². The fraction of sp³-hybridized carbons (Fsp3) is 0.438. The number of carbonyl (C=O) groups is 2. The molecule has 1 aliphatic heterocycles. The second-order valence-electron chi connectivity index (χ2n) is 10.3. The Kier molecular flexibility index (Phi) is 20.4. The summed E-state index contributed by atoms with van der Waals surface area (Å²) < 4.78 is 21.4. The molecule has 240 valence electrons. The van der Waals surface area contributed by atoms with Crippen LogP contribution < -0.4 is 10.9 Å². The highest BCUT2D eigenvalue weighted by atomic mass is 16.6. The fourth-order valence-electron chi connectivity index (χ4n) is 3.63. The number of aliphatic hydroxyl groups is 2. The van der Waals surface area contributed by atoms with Crippen molar-refractivity contribution in [1.82, 2.24) is 0 Å². The smallest absolute Gasteiger partial charge is 0.462 e. The Hall–Kier alpha value is -3.25. The van der Waals surface area contributed by atoms with Gasteiger partial charge in [0.2, 0.25) is 0 Å². The summed E-state index contributed by atoms with van der Waals surface area (Å²) in [6.07, 6.45) is 4.09. The molecule has 1 saturated heterocycles. The predicted octanol–water partition coefficient (Wildman–Crippen LogP) is 2.08. The van der Waals surface area contributed by atoms with Crippen LogP contribution in [0.5, 0.6) is 0 Å². The molecule has 2 aromatic rings. The van der Waals surface area contributed by atoms with E-state index < -0.39 is 13.2 Å². The van der Waals surface area contributed by atoms with Crippen molar-refractivity contribution < 1.29 is 48.6 Å². The highest BCUT2D eigenvalue weighted by molar-refractivity contribution is 6.61. The van der Waals surface area contributed by atoms with E-state index in [0.29, 0.717) is 49.3 Å². The van der Waals surface area contributed by atoms with Gasteiger partial charge in [-0.15, -0.1) is 0 Å². The number of benzene rings is 2. The van der Waals surface area contributed by atoms with Crippen LogP contribution in [-0.2, 0) is 28.4 Å². The second-order valence-corrected chi connectivity index (χ2v) is 10.3. The summed E-state index contributed by atoms with van der Waals surface area (Å²) in [5.74, 6) is -0.702. The van der Waals surface area contributed by atoms with Crippen molar-refractivity contribution in [1.29, 1.82) is 0 Å². The van der Waals surface area contributed by atoms with E-state index in [0.717, 1.165) is 31.1 Å². The largest absolute Gasteiger partial charge is 0.494 e. The maximum absolute atomic E-state index is 11.2. The van der Waals surface area contributed by atoms with Gasteiger partial charge in [-0.3, -0.25) is 0 Å². The Morgan fingerprint density at radius 2 is 1.43 bits per heavy atom. The molecule has 1 fully saturated rings. The summed E-state index contributed by atoms with van der Waals surface area (Å²) in [6, 6.07) is 18.6. The molecule has 0 spiro atoms. The first kappa shape index (κ1) is 38.8. The van der Waals surface area contributed by atoms with E-state index >= 15 is 0 Å². The summed E-state index contributed by atoms with van der Waals surface area (Å²) in [4.78, 5) is 22.1. The third-order valence-corrected chi connectivity index (χ3v) is 6.15. The normalized spacial score (nSPS) is 14.2. The molecule has 10 nitrogen and oxygen atoms in total. The fourth-order valence-corrected chi connectivity index (χ4v) is 3.63. The topological polar surface area (TPSA) is 152 Å². The molecule has 0 aromatic heterocycles. The molecule has 2 unspecified atom stereocenters. The molecule has 0 bridgehead atoms. The van der Waals surface area contributed by atoms with Crippen LogP contribution in [0.25, 0.3) is 0 Å². The van der Waals surface area contributed by atoms with Crippen molar-refractivity contribution in [2.24, 2.45) is 0 Å². The van der Waals surface area contributed by atoms with E-state index in [1.54, 1.807) is 38.1 Å². The molecule has 0 aliphatic carbocycles. The van der Waals surface area contributed by atoms with Crippen LogP contribution in [0.4, 0.5) is 0 Å². The summed E-state index contributed by atoms with van der Waals surface area (Å²) in [6.45, 7) is 11.4. The molecule has 0 amide bonds. The number of ether oxygens (including phenoxy) is 2. The van der Waals surface area contributed by atoms with Gasteiger partial charge in [-0.05, 0) is 63.3 Å². The number of carbonyl (C=O) groups excluding carboxylic acids is 2. The van der Waals surface area contributed by atoms with E-state index in [9.17, 15) is 9.59 Å². The number of esters is 2. The number of rotatable bonds is 15. The molecule has 3 rings (SSSR count). The maximum atomic E-state index is 11.2. The summed E-state index contributed by atoms with van der Waals surface area (Å²) in [5.41, 5.74) is 2.40. The molecule has 2 aromatic carbocycles. The van der Waals surface area contributed by atoms with Crippen molar-refractivity contribution in [3.63, 3.8) is 0 Å². The molecule has 12 heteroatoms. The Labute approximate surface area is 261 Å². The zero-order valence-electron chi connectivity index (χ0n) is 25.8. The van der Waals surface area contributed by atoms with Crippen LogP contribution in [0.15, 0.2) is 85.0 Å². The number of unbranched alkanes of at least 4 members (excludes halogenated alkanes) is 2. The van der Waals surface area contributed by atoms with Gasteiger partial charge in [0.1, 0.15) is 0 Å². The van der Waals surface area contributed by atoms with Gasteiger partial charge in [-0.2, -0.15) is 0 Å². The molecule has 1 aliphatic rings. The summed E-state index contributed by atoms with van der Waals surface area (Å²) >= 11 is 0. The molecule has 4 N–H and O–H groups in total. The molecular formula is C32H46B2O10. The Balaban J connectivity index is 0.000000362. The van der Waals surface area contributed by atoms with Gasteiger partial charge in [-0.25, -0.2) is 9.59 Å². The molecule has 0 saturated carbocycles. The summed E-state index contributed by atoms with van der Waals surface area (Å²) in [7, 11) is -1.59. The van der Waals surface area contributed by atoms with Crippen molar-refractivity contribution in [3.05, 3.63) is 85.0 Å². The van der Waals surface area contributed by atoms with Gasteiger partial charge in [0.25, 0.3) is 0 Å². The SMILES string of the molecule is C=C(C)C(=O)OCCCCC(O)CO.C=C(C)C(=O)OCCCCC1COB(c2ccccc2)O1.OB(O)c1ccccc1. The van der Waals surface area contributed by atoms with Gasteiger partial charge in [-0.1, -0.05) is 73.8 Å². The van der Waals surface area contributed by atoms with E-state index in [4.69, 9.17) is 39.0 Å². The van der Waals surface area contributed by atoms with Gasteiger partial charge in [0.05, 0.1) is 38.6 Å². The van der Waals surface area contributed by atoms with Crippen LogP contribution in [0.2, 0.25) is 0 Å². The zero-order chi connectivity index (χ0) is 32.7. The number of aliphatic hydroxyl groups excluding tert-OH is 2. The van der Waals surface area contributed by atoms with Crippen LogP contribution >= 0.6 is 0 Å². The Morgan fingerprint density at radius 3 is 1.91 bits per heavy atom. The lowest BCUT2D eigenvalue weighted by Gasteiger charge is -2.09. The Bertz CT molecular complexity index is 1100. The van der Waals surface area contributed by atoms with Gasteiger partial charge in [0.15, 0.2) is 0 Å². The van der Waals surface area contributed by atoms with Crippen LogP contribution in [0.1, 0.15) is 52.4 Å². The standard InChI is InChI=1S/C16H21BO4.C10H18O4.C6H7BO2/c1-13(2)16(18)19-11-7-6-10-15-12-20-17(21-15)14-8-4-3-5-9-14;1-8(2)10(13)14-6-4-3-5-9(12)7-11;8-7(9)6-4-2-1-3-5-6/h3-5,8-9,15H,1,6-7,10-12H2,2H3;9,11-12H,1,3-7H2,2H3;1-5,8-9H. The molecule has 2 atom stereocenters. The predicted molar refractivity (Wildman–Crippen MR) is 171 cm³/mol. The van der Waals surface area contributed by atoms with Gasteiger partial charge in [0, 0.05) is 11.1 Å². The van der Waals surface area contributed by atoms with Gasteiger partial charge >= 0.3 is 26.2 Å². The van der Waals surface area contributed by atoms with E-state index in [1.807, 2.05) is 36.4 Å². The highest BCUT2D eigenvalue weighted by Crippen LogP contribution is 2.15. The average molecular weight is 612 g/mol. The highest BCUT2D eigenvalue weighted by Gasteiger charge is 2.32. The van der Waals surface area contributed by atoms with Gasteiger partial charge < -0.3 is 39.0 Å². The Morgan fingerprint density at radius 1 is 0.909 bits per heavy atom. The second kappa shape index (κ2) is 23.2. The first-order chi connectivity index (χ1) is 21.0. The molecule has 44 heavy (non-hydrogen) atoms. The average Bonchev–Trinajstić information content (AvgIpc) is 3.50. The minimum Gasteiger partial charge on any atom is -0.462 e. The zero-order valence-corrected chi connectivity index (χ0v) is 25.8. The maximum Gasteiger partial charge on any atom is 0.494 e. The minimum absolute atomic E-state index is 0.118. The van der Waals surface area contributed by atoms with Crippen molar-refractivity contribution >= 4 is 37.1 Å². The van der Waals surface area contributed by atoms with Crippen LogP contribution in [0, 0.1) is 0 Å². The quantitative estimate of drug-likeness (QED) is 0.102. The molecular weight excluding hydrogens is 566 g/mol. The molecule has 1 heterocycles. The van der Waals surface area contributed by atoms with Crippen molar-refractivity contribution in [3.8, 4) is 0 Å². The first-order valence-electron chi connectivity index (χ1n) is 14.7. The number of hydrogen-bond donors (Lipinski definition) is 4. The van der Waals surface area contributed by atoms with E-state index in [2.05, 4.69) is 13.2 Å². The van der Waals surface area contributed by atoms with E-state index in [-0.39, 0.29) is 31.8 Å². The first-order valence-corrected chi connectivity index (χ1v) is 14.7. The van der Waals surface area contributed by atoms with Crippen molar-refractivity contribution in [2.45, 2.75) is 64.6 Å². The lowest BCUT2D eigenvalue weighted by Crippen LogP contribution is -2.32. The number of hydrogen-bond acceptors (Lipinski definition) is 10. The monoisotopic (exact) mass is 612 g/mol. The van der Waals surface area contributed by atoms with Crippen LogP contribution in [0.3, 0.4) is 0 Å². The third kappa shape index (κ3) is 17.8. The molecule has 0 radical (unpaired) electrons.